The van der Waals surface area contributed by atoms with Crippen LogP contribution in [0.3, 0.4) is 0 Å². The molecule has 1 N–H and O–H groups in total. The number of rotatable bonds is 4. The fraction of sp³-hybridized carbons (Fsp3) is 1.00. The van der Waals surface area contributed by atoms with E-state index in [4.69, 9.17) is 0 Å². The molecule has 0 aromatic heterocycles. The van der Waals surface area contributed by atoms with Gasteiger partial charge in [0.05, 0.1) is 6.10 Å². The van der Waals surface area contributed by atoms with Crippen molar-refractivity contribution in [1.82, 2.24) is 9.80 Å². The first kappa shape index (κ1) is 14.3. The van der Waals surface area contributed by atoms with Crippen molar-refractivity contribution in [2.45, 2.75) is 64.6 Å². The van der Waals surface area contributed by atoms with Crippen LogP contribution in [0.5, 0.6) is 0 Å². The standard InChI is InChI=1S/C15H30N2O/c1-5-17-10-6-7-12(17)11-16(4)13-8-9-15(2,3)14(13)18/h12-14,18H,5-11H2,1-4H3. The van der Waals surface area contributed by atoms with Crippen molar-refractivity contribution >= 4 is 0 Å². The van der Waals surface area contributed by atoms with Crippen molar-refractivity contribution in [3.63, 3.8) is 0 Å². The number of likely N-dealkylation sites (tertiary alicyclic amines) is 1. The van der Waals surface area contributed by atoms with E-state index in [1.54, 1.807) is 0 Å². The molecule has 1 aliphatic carbocycles. The van der Waals surface area contributed by atoms with Gasteiger partial charge in [-0.15, -0.1) is 0 Å². The average molecular weight is 254 g/mol. The Balaban J connectivity index is 1.90. The molecule has 1 saturated carbocycles. The fourth-order valence-electron chi connectivity index (χ4n) is 3.79. The highest BCUT2D eigenvalue weighted by atomic mass is 16.3. The van der Waals surface area contributed by atoms with E-state index in [0.717, 1.165) is 25.9 Å². The molecule has 2 rings (SSSR count). The van der Waals surface area contributed by atoms with Crippen molar-refractivity contribution in [3.05, 3.63) is 0 Å². The minimum atomic E-state index is -0.168. The van der Waals surface area contributed by atoms with E-state index in [2.05, 4.69) is 37.6 Å². The van der Waals surface area contributed by atoms with Gasteiger partial charge in [0.1, 0.15) is 0 Å². The topological polar surface area (TPSA) is 26.7 Å². The molecule has 0 spiro atoms. The number of likely N-dealkylation sites (N-methyl/N-ethyl adjacent to an activating group) is 2. The minimum Gasteiger partial charge on any atom is -0.391 e. The first-order valence-electron chi connectivity index (χ1n) is 7.58. The van der Waals surface area contributed by atoms with Gasteiger partial charge in [-0.05, 0) is 51.2 Å². The quantitative estimate of drug-likeness (QED) is 0.831. The molecule has 0 bridgehead atoms. The molecular formula is C15H30N2O. The molecule has 0 amide bonds. The fourth-order valence-corrected chi connectivity index (χ4v) is 3.79. The molecule has 1 saturated heterocycles. The maximum atomic E-state index is 10.4. The zero-order valence-electron chi connectivity index (χ0n) is 12.5. The summed E-state index contributed by atoms with van der Waals surface area (Å²) >= 11 is 0. The molecule has 2 aliphatic rings. The number of hydrogen-bond donors (Lipinski definition) is 1. The Morgan fingerprint density at radius 2 is 2.06 bits per heavy atom. The summed E-state index contributed by atoms with van der Waals surface area (Å²) in [6.07, 6.45) is 4.78. The largest absolute Gasteiger partial charge is 0.391 e. The molecule has 1 heterocycles. The molecular weight excluding hydrogens is 224 g/mol. The van der Waals surface area contributed by atoms with Crippen molar-refractivity contribution in [3.8, 4) is 0 Å². The molecule has 0 aromatic carbocycles. The lowest BCUT2D eigenvalue weighted by Crippen LogP contribution is -2.47. The van der Waals surface area contributed by atoms with Gasteiger partial charge < -0.3 is 5.11 Å². The van der Waals surface area contributed by atoms with Crippen molar-refractivity contribution in [1.29, 1.82) is 0 Å². The third-order valence-electron chi connectivity index (χ3n) is 5.22. The van der Waals surface area contributed by atoms with Crippen LogP contribution in [0.1, 0.15) is 46.5 Å². The Morgan fingerprint density at radius 3 is 2.61 bits per heavy atom. The van der Waals surface area contributed by atoms with Crippen LogP contribution in [0.4, 0.5) is 0 Å². The van der Waals surface area contributed by atoms with Gasteiger partial charge in [0, 0.05) is 18.6 Å². The lowest BCUT2D eigenvalue weighted by Gasteiger charge is -2.35. The van der Waals surface area contributed by atoms with Crippen LogP contribution in [0.2, 0.25) is 0 Å². The molecule has 3 atom stereocenters. The Kier molecular flexibility index (Phi) is 4.35. The summed E-state index contributed by atoms with van der Waals surface area (Å²) in [5, 5.41) is 10.4. The van der Waals surface area contributed by atoms with E-state index < -0.39 is 0 Å². The van der Waals surface area contributed by atoms with E-state index in [9.17, 15) is 5.11 Å². The smallest absolute Gasteiger partial charge is 0.0746 e. The molecule has 2 fully saturated rings. The minimum absolute atomic E-state index is 0.0963. The van der Waals surface area contributed by atoms with E-state index >= 15 is 0 Å². The maximum absolute atomic E-state index is 10.4. The molecule has 106 valence electrons. The van der Waals surface area contributed by atoms with Crippen LogP contribution >= 0.6 is 0 Å². The SMILES string of the molecule is CCN1CCCC1CN(C)C1CCC(C)(C)C1O. The van der Waals surface area contributed by atoms with Gasteiger partial charge >= 0.3 is 0 Å². The van der Waals surface area contributed by atoms with Crippen LogP contribution in [-0.4, -0.2) is 59.8 Å². The van der Waals surface area contributed by atoms with E-state index in [0.29, 0.717) is 12.1 Å². The van der Waals surface area contributed by atoms with Crippen molar-refractivity contribution < 1.29 is 5.11 Å². The predicted molar refractivity (Wildman–Crippen MR) is 75.7 cm³/mol. The number of nitrogens with zero attached hydrogens (tertiary/aromatic N) is 2. The number of aliphatic hydroxyl groups is 1. The summed E-state index contributed by atoms with van der Waals surface area (Å²) < 4.78 is 0. The van der Waals surface area contributed by atoms with Crippen LogP contribution in [-0.2, 0) is 0 Å². The Bertz CT molecular complexity index is 280. The summed E-state index contributed by atoms with van der Waals surface area (Å²) in [7, 11) is 2.20. The zero-order chi connectivity index (χ0) is 13.3. The Hall–Kier alpha value is -0.120. The van der Waals surface area contributed by atoms with E-state index in [-0.39, 0.29) is 11.5 Å². The molecule has 0 radical (unpaired) electrons. The highest BCUT2D eigenvalue weighted by Gasteiger charge is 2.43. The zero-order valence-corrected chi connectivity index (χ0v) is 12.5. The van der Waals surface area contributed by atoms with Gasteiger partial charge in [-0.2, -0.15) is 0 Å². The van der Waals surface area contributed by atoms with Gasteiger partial charge in [0.25, 0.3) is 0 Å². The molecule has 3 nitrogen and oxygen atoms in total. The number of aliphatic hydroxyl groups excluding tert-OH is 1. The molecule has 18 heavy (non-hydrogen) atoms. The normalized spacial score (nSPS) is 36.7. The van der Waals surface area contributed by atoms with E-state index in [1.165, 1.54) is 19.4 Å². The second-order valence-corrected chi connectivity index (χ2v) is 6.90. The van der Waals surface area contributed by atoms with Crippen molar-refractivity contribution in [2.75, 3.05) is 26.7 Å². The van der Waals surface area contributed by atoms with Gasteiger partial charge in [-0.1, -0.05) is 20.8 Å². The molecule has 0 aromatic rings. The highest BCUT2D eigenvalue weighted by Crippen LogP contribution is 2.39. The van der Waals surface area contributed by atoms with Gasteiger partial charge in [-0.3, -0.25) is 9.80 Å². The molecule has 1 aliphatic heterocycles. The van der Waals surface area contributed by atoms with Crippen LogP contribution < -0.4 is 0 Å². The molecule has 3 heteroatoms. The highest BCUT2D eigenvalue weighted by molar-refractivity contribution is 4.96. The number of hydrogen-bond acceptors (Lipinski definition) is 3. The lowest BCUT2D eigenvalue weighted by atomic mass is 9.88. The monoisotopic (exact) mass is 254 g/mol. The second kappa shape index (κ2) is 5.48. The van der Waals surface area contributed by atoms with Gasteiger partial charge in [0.2, 0.25) is 0 Å². The van der Waals surface area contributed by atoms with Gasteiger partial charge in [-0.25, -0.2) is 0 Å². The summed E-state index contributed by atoms with van der Waals surface area (Å²) in [5.41, 5.74) is 0.0963. The van der Waals surface area contributed by atoms with Crippen LogP contribution in [0.15, 0.2) is 0 Å². The molecule has 3 unspecified atom stereocenters. The van der Waals surface area contributed by atoms with Gasteiger partial charge in [0.15, 0.2) is 0 Å². The third-order valence-corrected chi connectivity index (χ3v) is 5.22. The van der Waals surface area contributed by atoms with Crippen molar-refractivity contribution in [2.24, 2.45) is 5.41 Å². The first-order valence-corrected chi connectivity index (χ1v) is 7.58. The van der Waals surface area contributed by atoms with Crippen LogP contribution in [0.25, 0.3) is 0 Å². The lowest BCUT2D eigenvalue weighted by molar-refractivity contribution is 0.0168. The third kappa shape index (κ3) is 2.73. The Morgan fingerprint density at radius 1 is 1.33 bits per heavy atom. The summed E-state index contributed by atoms with van der Waals surface area (Å²) in [6.45, 7) is 10.2. The Labute approximate surface area is 112 Å². The average Bonchev–Trinajstić information content (AvgIpc) is 2.85. The summed E-state index contributed by atoms with van der Waals surface area (Å²) in [6, 6.07) is 1.07. The summed E-state index contributed by atoms with van der Waals surface area (Å²) in [5.74, 6) is 0. The predicted octanol–water partition coefficient (Wildman–Crippen LogP) is 1.95. The second-order valence-electron chi connectivity index (χ2n) is 6.90. The summed E-state index contributed by atoms with van der Waals surface area (Å²) in [4.78, 5) is 5.00. The van der Waals surface area contributed by atoms with E-state index in [1.807, 2.05) is 0 Å². The maximum Gasteiger partial charge on any atom is 0.0746 e. The first-order chi connectivity index (χ1) is 8.45. The van der Waals surface area contributed by atoms with Crippen LogP contribution in [0, 0.1) is 5.41 Å².